The molecule has 0 saturated carbocycles. The smallest absolute Gasteiger partial charge is 0.191 e. The first-order valence-electron chi connectivity index (χ1n) is 7.17. The number of benzene rings is 1. The summed E-state index contributed by atoms with van der Waals surface area (Å²) in [6.45, 7) is 3.98. The molecular formula is C15H25N3O3S. The fourth-order valence-corrected chi connectivity index (χ4v) is 2.18. The van der Waals surface area contributed by atoms with Gasteiger partial charge in [0.15, 0.2) is 5.96 Å². The molecule has 1 aromatic rings. The van der Waals surface area contributed by atoms with Crippen LogP contribution in [0.4, 0.5) is 0 Å². The summed E-state index contributed by atoms with van der Waals surface area (Å²) in [5, 5.41) is 6.35. The summed E-state index contributed by atoms with van der Waals surface area (Å²) >= 11 is 0. The number of aryl methyl sites for hydroxylation is 1. The average molecular weight is 327 g/mol. The Hall–Kier alpha value is -1.60. The summed E-state index contributed by atoms with van der Waals surface area (Å²) in [7, 11) is -1.25. The summed E-state index contributed by atoms with van der Waals surface area (Å²) in [4.78, 5) is 4.13. The van der Waals surface area contributed by atoms with Crippen LogP contribution < -0.4 is 10.6 Å². The lowest BCUT2D eigenvalue weighted by atomic mass is 10.1. The van der Waals surface area contributed by atoms with Crippen LogP contribution in [0.2, 0.25) is 0 Å². The lowest BCUT2D eigenvalue weighted by molar-refractivity contribution is 0.154. The Labute approximate surface area is 132 Å². The van der Waals surface area contributed by atoms with Crippen molar-refractivity contribution in [3.63, 3.8) is 0 Å². The first-order valence-corrected chi connectivity index (χ1v) is 9.23. The molecule has 22 heavy (non-hydrogen) atoms. The monoisotopic (exact) mass is 327 g/mol. The number of guanidine groups is 1. The zero-order valence-electron chi connectivity index (χ0n) is 13.4. The van der Waals surface area contributed by atoms with Crippen LogP contribution in [0.5, 0.6) is 0 Å². The number of nitrogens with zero attached hydrogens (tertiary/aromatic N) is 1. The lowest BCUT2D eigenvalue weighted by Crippen LogP contribution is -2.38. The van der Waals surface area contributed by atoms with Crippen molar-refractivity contribution in [3.05, 3.63) is 35.4 Å². The zero-order valence-corrected chi connectivity index (χ0v) is 14.2. The van der Waals surface area contributed by atoms with Crippen LogP contribution in [0.15, 0.2) is 29.3 Å². The summed E-state index contributed by atoms with van der Waals surface area (Å²) in [6.07, 6.45) is 1.20. The molecule has 0 radical (unpaired) electrons. The molecule has 6 nitrogen and oxygen atoms in total. The highest BCUT2D eigenvalue weighted by Gasteiger charge is 2.02. The first kappa shape index (κ1) is 18.4. The highest BCUT2D eigenvalue weighted by molar-refractivity contribution is 7.90. The maximum absolute atomic E-state index is 10.9. The Balaban J connectivity index is 2.22. The Morgan fingerprint density at radius 2 is 1.95 bits per heavy atom. The number of hydrogen-bond donors (Lipinski definition) is 2. The van der Waals surface area contributed by atoms with Gasteiger partial charge in [0.25, 0.3) is 0 Å². The number of ether oxygens (including phenoxy) is 1. The second-order valence-corrected chi connectivity index (χ2v) is 7.28. The fourth-order valence-electron chi connectivity index (χ4n) is 1.76. The van der Waals surface area contributed by atoms with Gasteiger partial charge in [-0.15, -0.1) is 0 Å². The molecule has 124 valence electrons. The highest BCUT2D eigenvalue weighted by atomic mass is 32.2. The van der Waals surface area contributed by atoms with Gasteiger partial charge in [0.2, 0.25) is 0 Å². The van der Waals surface area contributed by atoms with Gasteiger partial charge in [-0.05, 0) is 18.1 Å². The van der Waals surface area contributed by atoms with Crippen molar-refractivity contribution in [2.24, 2.45) is 4.99 Å². The van der Waals surface area contributed by atoms with Gasteiger partial charge in [-0.1, -0.05) is 24.3 Å². The molecule has 0 aromatic heterocycles. The van der Waals surface area contributed by atoms with E-state index in [0.29, 0.717) is 25.7 Å². The summed E-state index contributed by atoms with van der Waals surface area (Å²) in [5.41, 5.74) is 2.45. The largest absolute Gasteiger partial charge is 0.379 e. The maximum atomic E-state index is 10.9. The lowest BCUT2D eigenvalue weighted by Gasteiger charge is -2.13. The Morgan fingerprint density at radius 1 is 1.23 bits per heavy atom. The van der Waals surface area contributed by atoms with E-state index < -0.39 is 9.84 Å². The maximum Gasteiger partial charge on any atom is 0.191 e. The van der Waals surface area contributed by atoms with Gasteiger partial charge in [-0.3, -0.25) is 4.99 Å². The molecule has 0 atom stereocenters. The minimum Gasteiger partial charge on any atom is -0.379 e. The van der Waals surface area contributed by atoms with Crippen molar-refractivity contribution in [3.8, 4) is 0 Å². The molecule has 0 heterocycles. The average Bonchev–Trinajstić information content (AvgIpc) is 2.46. The van der Waals surface area contributed by atoms with E-state index in [1.165, 1.54) is 17.4 Å². The van der Waals surface area contributed by atoms with Crippen LogP contribution in [-0.4, -0.2) is 53.2 Å². The molecule has 1 aromatic carbocycles. The fraction of sp³-hybridized carbons (Fsp3) is 0.533. The molecule has 0 unspecified atom stereocenters. The molecule has 7 heteroatoms. The molecule has 1 rings (SSSR count). The SMILES string of the molecule is CN=C(NCCOCCS(C)(=O)=O)NCc1ccccc1C. The van der Waals surface area contributed by atoms with Crippen molar-refractivity contribution in [1.82, 2.24) is 10.6 Å². The van der Waals surface area contributed by atoms with Gasteiger partial charge in [0.05, 0.1) is 19.0 Å². The molecule has 0 bridgehead atoms. The predicted octanol–water partition coefficient (Wildman–Crippen LogP) is 0.721. The Kier molecular flexibility index (Phi) is 7.90. The minimum atomic E-state index is -2.96. The van der Waals surface area contributed by atoms with E-state index in [2.05, 4.69) is 34.7 Å². The van der Waals surface area contributed by atoms with Crippen molar-refractivity contribution >= 4 is 15.8 Å². The second-order valence-electron chi connectivity index (χ2n) is 5.02. The zero-order chi connectivity index (χ0) is 16.4. The summed E-state index contributed by atoms with van der Waals surface area (Å²) in [6, 6.07) is 8.17. The van der Waals surface area contributed by atoms with Crippen LogP contribution in [0.1, 0.15) is 11.1 Å². The minimum absolute atomic E-state index is 0.0489. The van der Waals surface area contributed by atoms with E-state index in [-0.39, 0.29) is 12.4 Å². The van der Waals surface area contributed by atoms with Crippen LogP contribution in [0.25, 0.3) is 0 Å². The quantitative estimate of drug-likeness (QED) is 0.418. The van der Waals surface area contributed by atoms with E-state index in [0.717, 1.165) is 0 Å². The predicted molar refractivity (Wildman–Crippen MR) is 89.9 cm³/mol. The van der Waals surface area contributed by atoms with E-state index in [9.17, 15) is 8.42 Å². The van der Waals surface area contributed by atoms with Crippen molar-refractivity contribution in [2.45, 2.75) is 13.5 Å². The summed E-state index contributed by atoms with van der Waals surface area (Å²) < 4.78 is 27.1. The third-order valence-corrected chi connectivity index (χ3v) is 3.98. The van der Waals surface area contributed by atoms with Crippen LogP contribution in [0, 0.1) is 6.92 Å². The van der Waals surface area contributed by atoms with Crippen molar-refractivity contribution in [1.29, 1.82) is 0 Å². The topological polar surface area (TPSA) is 79.8 Å². The van der Waals surface area contributed by atoms with Crippen LogP contribution in [-0.2, 0) is 21.1 Å². The number of sulfone groups is 1. The van der Waals surface area contributed by atoms with Crippen LogP contribution in [0.3, 0.4) is 0 Å². The number of aliphatic imine (C=N–C) groups is 1. The molecule has 0 amide bonds. The van der Waals surface area contributed by atoms with Gasteiger partial charge in [0.1, 0.15) is 9.84 Å². The van der Waals surface area contributed by atoms with Gasteiger partial charge in [0, 0.05) is 26.4 Å². The highest BCUT2D eigenvalue weighted by Crippen LogP contribution is 2.05. The van der Waals surface area contributed by atoms with E-state index in [4.69, 9.17) is 4.74 Å². The van der Waals surface area contributed by atoms with Gasteiger partial charge in [-0.2, -0.15) is 0 Å². The molecule has 0 aliphatic carbocycles. The van der Waals surface area contributed by atoms with Gasteiger partial charge in [-0.25, -0.2) is 8.42 Å². The number of nitrogens with one attached hydrogen (secondary N) is 2. The molecular weight excluding hydrogens is 302 g/mol. The van der Waals surface area contributed by atoms with Crippen molar-refractivity contribution in [2.75, 3.05) is 38.8 Å². The van der Waals surface area contributed by atoms with E-state index in [1.54, 1.807) is 7.05 Å². The molecule has 0 aliphatic heterocycles. The Bertz CT molecular complexity index is 585. The number of hydrogen-bond acceptors (Lipinski definition) is 4. The number of rotatable bonds is 8. The van der Waals surface area contributed by atoms with Gasteiger partial charge >= 0.3 is 0 Å². The second kappa shape index (κ2) is 9.42. The van der Waals surface area contributed by atoms with E-state index in [1.807, 2.05) is 12.1 Å². The Morgan fingerprint density at radius 3 is 2.59 bits per heavy atom. The summed E-state index contributed by atoms with van der Waals surface area (Å²) in [5.74, 6) is 0.739. The third kappa shape index (κ3) is 7.99. The van der Waals surface area contributed by atoms with E-state index >= 15 is 0 Å². The van der Waals surface area contributed by atoms with Crippen LogP contribution >= 0.6 is 0 Å². The third-order valence-electron chi connectivity index (χ3n) is 3.07. The standard InChI is InChI=1S/C15H25N3O3S/c1-13-6-4-5-7-14(13)12-18-15(16-2)17-8-9-21-10-11-22(3,19)20/h4-7H,8-12H2,1-3H3,(H2,16,17,18). The molecule has 0 fully saturated rings. The van der Waals surface area contributed by atoms with Crippen molar-refractivity contribution < 1.29 is 13.2 Å². The molecule has 0 spiro atoms. The van der Waals surface area contributed by atoms with Gasteiger partial charge < -0.3 is 15.4 Å². The normalized spacial score (nSPS) is 12.2. The molecule has 0 saturated heterocycles. The molecule has 2 N–H and O–H groups in total. The molecule has 0 aliphatic rings. The first-order chi connectivity index (χ1) is 10.4.